The molecule has 0 aromatic heterocycles. The Bertz CT molecular complexity index is 350. The van der Waals surface area contributed by atoms with E-state index in [9.17, 15) is 13.6 Å². The minimum Gasteiger partial charge on any atom is -0.505 e. The Kier molecular flexibility index (Phi) is 2.46. The molecular weight excluding hydrogens is 182 g/mol. The molecule has 0 bridgehead atoms. The lowest BCUT2D eigenvalue weighted by Gasteiger charge is -2.05. The molecular formula is C8H6F2O3. The summed E-state index contributed by atoms with van der Waals surface area (Å²) in [5.41, 5.74) is -0.836. The summed E-state index contributed by atoms with van der Waals surface area (Å²) in [6, 6.07) is 0.762. The number of rotatable bonds is 2. The summed E-state index contributed by atoms with van der Waals surface area (Å²) >= 11 is 0. The van der Waals surface area contributed by atoms with E-state index < -0.39 is 22.9 Å². The lowest BCUT2D eigenvalue weighted by molar-refractivity contribution is 0.111. The average Bonchev–Trinajstić information content (AvgIpc) is 2.12. The predicted molar refractivity (Wildman–Crippen MR) is 40.0 cm³/mol. The zero-order valence-corrected chi connectivity index (χ0v) is 6.67. The first-order valence-electron chi connectivity index (χ1n) is 3.32. The predicted octanol–water partition coefficient (Wildman–Crippen LogP) is 1.49. The molecule has 1 aromatic rings. The molecule has 0 fully saturated rings. The molecule has 0 aliphatic carbocycles. The van der Waals surface area contributed by atoms with Gasteiger partial charge in [0.2, 0.25) is 0 Å². The van der Waals surface area contributed by atoms with Gasteiger partial charge in [0, 0.05) is 6.07 Å². The van der Waals surface area contributed by atoms with Crippen LogP contribution >= 0.6 is 0 Å². The Morgan fingerprint density at radius 2 is 2.08 bits per heavy atom. The minimum atomic E-state index is -1.28. The van der Waals surface area contributed by atoms with Crippen molar-refractivity contribution in [3.63, 3.8) is 0 Å². The van der Waals surface area contributed by atoms with Gasteiger partial charge in [-0.05, 0) is 0 Å². The van der Waals surface area contributed by atoms with E-state index in [1.54, 1.807) is 0 Å². The maximum atomic E-state index is 13.0. The Morgan fingerprint density at radius 3 is 2.54 bits per heavy atom. The van der Waals surface area contributed by atoms with Crippen LogP contribution in [-0.4, -0.2) is 18.5 Å². The number of methoxy groups -OCH3 is 1. The molecule has 0 saturated heterocycles. The number of carbonyl (C=O) groups is 1. The highest BCUT2D eigenvalue weighted by Crippen LogP contribution is 2.29. The van der Waals surface area contributed by atoms with E-state index in [0.29, 0.717) is 0 Å². The van der Waals surface area contributed by atoms with Gasteiger partial charge in [0.1, 0.15) is 0 Å². The van der Waals surface area contributed by atoms with Gasteiger partial charge in [-0.3, -0.25) is 4.79 Å². The van der Waals surface area contributed by atoms with Gasteiger partial charge in [-0.1, -0.05) is 0 Å². The lowest BCUT2D eigenvalue weighted by Crippen LogP contribution is -1.98. The number of carbonyl (C=O) groups excluding carboxylic acids is 1. The Balaban J connectivity index is 3.47. The van der Waals surface area contributed by atoms with Crippen LogP contribution in [0.3, 0.4) is 0 Å². The molecule has 0 aliphatic heterocycles. The average molecular weight is 188 g/mol. The van der Waals surface area contributed by atoms with E-state index in [1.807, 2.05) is 0 Å². The van der Waals surface area contributed by atoms with Crippen LogP contribution in [0.25, 0.3) is 0 Å². The topological polar surface area (TPSA) is 46.5 Å². The standard InChI is InChI=1S/C8H6F2O3/c1-13-6-2-5(12)7(9)4(3-11)8(6)10/h2-3,12H,1H3. The monoisotopic (exact) mass is 188 g/mol. The highest BCUT2D eigenvalue weighted by atomic mass is 19.1. The highest BCUT2D eigenvalue weighted by Gasteiger charge is 2.17. The van der Waals surface area contributed by atoms with Crippen molar-refractivity contribution in [3.05, 3.63) is 23.3 Å². The van der Waals surface area contributed by atoms with E-state index in [4.69, 9.17) is 5.11 Å². The van der Waals surface area contributed by atoms with Crippen LogP contribution < -0.4 is 4.74 Å². The minimum absolute atomic E-state index is 0.0209. The second-order valence-electron chi connectivity index (χ2n) is 2.26. The van der Waals surface area contributed by atoms with Crippen LogP contribution in [0, 0.1) is 11.6 Å². The van der Waals surface area contributed by atoms with E-state index in [-0.39, 0.29) is 12.0 Å². The molecule has 0 unspecified atom stereocenters. The first-order chi connectivity index (χ1) is 6.11. The van der Waals surface area contributed by atoms with Gasteiger partial charge in [-0.2, -0.15) is 0 Å². The third-order valence-corrected chi connectivity index (χ3v) is 1.52. The van der Waals surface area contributed by atoms with Crippen molar-refractivity contribution in [2.24, 2.45) is 0 Å². The van der Waals surface area contributed by atoms with Gasteiger partial charge in [-0.15, -0.1) is 0 Å². The summed E-state index contributed by atoms with van der Waals surface area (Å²) in [4.78, 5) is 10.2. The fourth-order valence-corrected chi connectivity index (χ4v) is 0.870. The van der Waals surface area contributed by atoms with Crippen molar-refractivity contribution >= 4 is 6.29 Å². The van der Waals surface area contributed by atoms with Crippen molar-refractivity contribution in [2.45, 2.75) is 0 Å². The summed E-state index contributed by atoms with van der Waals surface area (Å²) in [6.07, 6.45) is -0.0209. The van der Waals surface area contributed by atoms with E-state index >= 15 is 0 Å². The number of ether oxygens (including phenoxy) is 1. The number of halogens is 2. The molecule has 0 aliphatic rings. The van der Waals surface area contributed by atoms with Crippen molar-refractivity contribution in [3.8, 4) is 11.5 Å². The molecule has 3 nitrogen and oxygen atoms in total. The van der Waals surface area contributed by atoms with Crippen LogP contribution in [0.4, 0.5) is 8.78 Å². The fourth-order valence-electron chi connectivity index (χ4n) is 0.870. The number of hydrogen-bond acceptors (Lipinski definition) is 3. The molecule has 0 radical (unpaired) electrons. The van der Waals surface area contributed by atoms with Crippen molar-refractivity contribution < 1.29 is 23.4 Å². The van der Waals surface area contributed by atoms with Crippen molar-refractivity contribution in [2.75, 3.05) is 7.11 Å². The van der Waals surface area contributed by atoms with E-state index in [0.717, 1.165) is 13.2 Å². The number of hydrogen-bond donors (Lipinski definition) is 1. The summed E-state index contributed by atoms with van der Waals surface area (Å²) in [5.74, 6) is -3.59. The van der Waals surface area contributed by atoms with Crippen LogP contribution in [-0.2, 0) is 0 Å². The van der Waals surface area contributed by atoms with Gasteiger partial charge >= 0.3 is 0 Å². The molecule has 0 heterocycles. The number of aromatic hydroxyl groups is 1. The summed E-state index contributed by atoms with van der Waals surface area (Å²) in [5, 5.41) is 8.89. The number of phenolic OH excluding ortho intramolecular Hbond substituents is 1. The fraction of sp³-hybridized carbons (Fsp3) is 0.125. The maximum absolute atomic E-state index is 13.0. The van der Waals surface area contributed by atoms with Gasteiger partial charge in [-0.25, -0.2) is 8.78 Å². The zero-order chi connectivity index (χ0) is 10.0. The third kappa shape index (κ3) is 1.44. The maximum Gasteiger partial charge on any atom is 0.178 e. The van der Waals surface area contributed by atoms with Gasteiger partial charge in [0.15, 0.2) is 29.4 Å². The molecule has 70 valence electrons. The number of phenols is 1. The molecule has 1 rings (SSSR count). The van der Waals surface area contributed by atoms with Crippen LogP contribution in [0.15, 0.2) is 6.07 Å². The van der Waals surface area contributed by atoms with Gasteiger partial charge < -0.3 is 9.84 Å². The highest BCUT2D eigenvalue weighted by molar-refractivity contribution is 5.77. The van der Waals surface area contributed by atoms with Crippen molar-refractivity contribution in [1.82, 2.24) is 0 Å². The quantitative estimate of drug-likeness (QED) is 0.715. The second kappa shape index (κ2) is 3.38. The molecule has 0 atom stereocenters. The normalized spacial score (nSPS) is 9.77. The molecule has 0 amide bonds. The van der Waals surface area contributed by atoms with E-state index in [2.05, 4.69) is 4.74 Å². The first kappa shape index (κ1) is 9.44. The SMILES string of the molecule is COc1cc(O)c(F)c(C=O)c1F. The molecule has 1 aromatic carbocycles. The number of benzene rings is 1. The molecule has 5 heteroatoms. The Morgan fingerprint density at radius 1 is 1.46 bits per heavy atom. The van der Waals surface area contributed by atoms with Crippen LogP contribution in [0.5, 0.6) is 11.5 Å². The molecule has 0 spiro atoms. The lowest BCUT2D eigenvalue weighted by atomic mass is 10.2. The Labute approximate surface area is 72.6 Å². The number of aldehydes is 1. The largest absolute Gasteiger partial charge is 0.505 e. The Hall–Kier alpha value is -1.65. The summed E-state index contributed by atoms with van der Waals surface area (Å²) in [6.45, 7) is 0. The van der Waals surface area contributed by atoms with Crippen LogP contribution in [0.2, 0.25) is 0 Å². The smallest absolute Gasteiger partial charge is 0.178 e. The first-order valence-corrected chi connectivity index (χ1v) is 3.32. The van der Waals surface area contributed by atoms with Crippen LogP contribution in [0.1, 0.15) is 10.4 Å². The van der Waals surface area contributed by atoms with Gasteiger partial charge in [0.05, 0.1) is 12.7 Å². The second-order valence-corrected chi connectivity index (χ2v) is 2.26. The van der Waals surface area contributed by atoms with Crippen molar-refractivity contribution in [1.29, 1.82) is 0 Å². The molecule has 1 N–H and O–H groups in total. The summed E-state index contributed by atoms with van der Waals surface area (Å²) in [7, 11) is 1.14. The van der Waals surface area contributed by atoms with E-state index in [1.165, 1.54) is 0 Å². The zero-order valence-electron chi connectivity index (χ0n) is 6.67. The molecule has 0 saturated carbocycles. The van der Waals surface area contributed by atoms with Gasteiger partial charge in [0.25, 0.3) is 0 Å². The summed E-state index contributed by atoms with van der Waals surface area (Å²) < 4.78 is 30.3. The third-order valence-electron chi connectivity index (χ3n) is 1.52. The molecule has 13 heavy (non-hydrogen) atoms.